The van der Waals surface area contributed by atoms with E-state index >= 15 is 0 Å². The Morgan fingerprint density at radius 1 is 1.10 bits per heavy atom. The van der Waals surface area contributed by atoms with Gasteiger partial charge in [0.05, 0.1) is 11.8 Å². The number of aryl methyl sites for hydroxylation is 3. The highest BCUT2D eigenvalue weighted by molar-refractivity contribution is 6.03. The zero-order valence-electron chi connectivity index (χ0n) is 19.1. The minimum Gasteiger partial charge on any atom is -0.338 e. The van der Waals surface area contributed by atoms with E-state index in [-0.39, 0.29) is 24.5 Å². The third-order valence-electron chi connectivity index (χ3n) is 5.71. The first-order chi connectivity index (χ1) is 14.8. The summed E-state index contributed by atoms with van der Waals surface area (Å²) >= 11 is 0. The molecule has 1 aliphatic rings. The minimum atomic E-state index is -0.250. The number of carbonyl (C=O) groups excluding carboxylic acids is 2. The van der Waals surface area contributed by atoms with Crippen LogP contribution >= 0.6 is 0 Å². The minimum absolute atomic E-state index is 0.0262. The van der Waals surface area contributed by atoms with E-state index in [2.05, 4.69) is 61.6 Å². The predicted octanol–water partition coefficient (Wildman–Crippen LogP) is 4.34. The molecule has 0 fully saturated rings. The molecular weight excluding hydrogens is 388 g/mol. The Morgan fingerprint density at radius 3 is 2.45 bits per heavy atom. The molecule has 6 heteroatoms. The van der Waals surface area contributed by atoms with Crippen molar-refractivity contribution in [2.45, 2.75) is 46.6 Å². The zero-order valence-corrected chi connectivity index (χ0v) is 19.1. The number of carbonyl (C=O) groups is 2. The summed E-state index contributed by atoms with van der Waals surface area (Å²) in [5, 5.41) is 9.08. The van der Waals surface area contributed by atoms with Crippen LogP contribution in [0.3, 0.4) is 0 Å². The number of hydrazone groups is 1. The van der Waals surface area contributed by atoms with Crippen LogP contribution in [-0.2, 0) is 4.79 Å². The zero-order chi connectivity index (χ0) is 22.5. The van der Waals surface area contributed by atoms with Crippen LogP contribution in [0.2, 0.25) is 0 Å². The number of amides is 3. The van der Waals surface area contributed by atoms with Crippen molar-refractivity contribution < 1.29 is 9.59 Å². The van der Waals surface area contributed by atoms with E-state index in [1.165, 1.54) is 21.6 Å². The van der Waals surface area contributed by atoms with Crippen molar-refractivity contribution in [2.24, 2.45) is 5.10 Å². The van der Waals surface area contributed by atoms with Gasteiger partial charge in [-0.25, -0.2) is 9.80 Å². The first kappa shape index (κ1) is 22.5. The Labute approximate surface area is 184 Å². The first-order valence-electron chi connectivity index (χ1n) is 10.8. The number of urea groups is 1. The summed E-state index contributed by atoms with van der Waals surface area (Å²) in [5.41, 5.74) is 6.56. The maximum atomic E-state index is 13.2. The highest BCUT2D eigenvalue weighted by atomic mass is 16.2. The standard InChI is InChI=1S/C25H32N4O2/c1-6-13-26-25(31)28(5)16-24(30)29-23(20-10-7-17(2)8-11-20)15-22(27-29)21-12-9-18(3)19(4)14-21/h7-12,14,23H,6,13,15-16H2,1-5H3,(H,26,31)/t23-/m0/s1. The monoisotopic (exact) mass is 420 g/mol. The van der Waals surface area contributed by atoms with E-state index in [0.717, 1.165) is 23.3 Å². The van der Waals surface area contributed by atoms with Gasteiger partial charge in [0.25, 0.3) is 5.91 Å². The number of likely N-dealkylation sites (N-methyl/N-ethyl adjacent to an activating group) is 1. The van der Waals surface area contributed by atoms with Gasteiger partial charge in [-0.05, 0) is 55.5 Å². The summed E-state index contributed by atoms with van der Waals surface area (Å²) < 4.78 is 0. The average Bonchev–Trinajstić information content (AvgIpc) is 3.20. The third-order valence-corrected chi connectivity index (χ3v) is 5.71. The van der Waals surface area contributed by atoms with E-state index in [4.69, 9.17) is 5.10 Å². The van der Waals surface area contributed by atoms with Crippen LogP contribution in [0.1, 0.15) is 53.6 Å². The Morgan fingerprint density at radius 2 is 1.81 bits per heavy atom. The fraction of sp³-hybridized carbons (Fsp3) is 0.400. The molecule has 0 aliphatic carbocycles. The van der Waals surface area contributed by atoms with E-state index in [9.17, 15) is 9.59 Å². The molecule has 1 aliphatic heterocycles. The predicted molar refractivity (Wildman–Crippen MR) is 124 cm³/mol. The van der Waals surface area contributed by atoms with Crippen molar-refractivity contribution >= 4 is 17.6 Å². The Bertz CT molecular complexity index is 982. The summed E-state index contributed by atoms with van der Waals surface area (Å²) in [6.45, 7) is 8.76. The Kier molecular flexibility index (Phi) is 7.10. The second-order valence-corrected chi connectivity index (χ2v) is 8.30. The largest absolute Gasteiger partial charge is 0.338 e. The fourth-order valence-electron chi connectivity index (χ4n) is 3.60. The molecule has 2 aromatic carbocycles. The van der Waals surface area contributed by atoms with Crippen molar-refractivity contribution in [3.8, 4) is 0 Å². The molecule has 31 heavy (non-hydrogen) atoms. The quantitative estimate of drug-likeness (QED) is 0.755. The van der Waals surface area contributed by atoms with E-state index in [1.54, 1.807) is 12.1 Å². The van der Waals surface area contributed by atoms with Gasteiger partial charge in [0.2, 0.25) is 0 Å². The lowest BCUT2D eigenvalue weighted by molar-refractivity contribution is -0.133. The highest BCUT2D eigenvalue weighted by Crippen LogP contribution is 2.33. The third kappa shape index (κ3) is 5.32. The van der Waals surface area contributed by atoms with Crippen molar-refractivity contribution in [2.75, 3.05) is 20.1 Å². The maximum absolute atomic E-state index is 13.2. The number of nitrogens with one attached hydrogen (secondary N) is 1. The van der Waals surface area contributed by atoms with Crippen LogP contribution in [0.15, 0.2) is 47.6 Å². The highest BCUT2D eigenvalue weighted by Gasteiger charge is 2.33. The molecule has 3 rings (SSSR count). The smallest absolute Gasteiger partial charge is 0.317 e. The normalized spacial score (nSPS) is 15.6. The van der Waals surface area contributed by atoms with Crippen LogP contribution in [0.4, 0.5) is 4.79 Å². The molecule has 6 nitrogen and oxygen atoms in total. The average molecular weight is 421 g/mol. The molecule has 0 aromatic heterocycles. The van der Waals surface area contributed by atoms with Crippen molar-refractivity contribution in [3.05, 3.63) is 70.3 Å². The van der Waals surface area contributed by atoms with Crippen molar-refractivity contribution in [3.63, 3.8) is 0 Å². The Balaban J connectivity index is 1.86. The molecule has 1 N–H and O–H groups in total. The molecule has 164 valence electrons. The number of hydrogen-bond donors (Lipinski definition) is 1. The Hall–Kier alpha value is -3.15. The molecule has 2 aromatic rings. The second-order valence-electron chi connectivity index (χ2n) is 8.30. The van der Waals surface area contributed by atoms with Crippen molar-refractivity contribution in [1.29, 1.82) is 0 Å². The van der Waals surface area contributed by atoms with Gasteiger partial charge in [-0.15, -0.1) is 0 Å². The SMILES string of the molecule is CCCNC(=O)N(C)CC(=O)N1N=C(c2ccc(C)c(C)c2)C[C@H]1c1ccc(C)cc1. The molecule has 0 radical (unpaired) electrons. The van der Waals surface area contributed by atoms with Crippen LogP contribution in [0, 0.1) is 20.8 Å². The molecular formula is C25H32N4O2. The van der Waals surface area contributed by atoms with E-state index < -0.39 is 0 Å². The molecule has 0 unspecified atom stereocenters. The second kappa shape index (κ2) is 9.77. The fourth-order valence-corrected chi connectivity index (χ4v) is 3.60. The van der Waals surface area contributed by atoms with Gasteiger partial charge in [-0.2, -0.15) is 5.10 Å². The van der Waals surface area contributed by atoms with E-state index in [0.29, 0.717) is 13.0 Å². The van der Waals surface area contributed by atoms with Gasteiger partial charge in [0.1, 0.15) is 6.54 Å². The summed E-state index contributed by atoms with van der Waals surface area (Å²) in [6.07, 6.45) is 1.49. The van der Waals surface area contributed by atoms with Crippen LogP contribution in [-0.4, -0.2) is 47.7 Å². The summed E-state index contributed by atoms with van der Waals surface area (Å²) in [6, 6.07) is 14.0. The first-order valence-corrected chi connectivity index (χ1v) is 10.8. The lowest BCUT2D eigenvalue weighted by Crippen LogP contribution is -2.43. The molecule has 0 saturated carbocycles. The summed E-state index contributed by atoms with van der Waals surface area (Å²) in [7, 11) is 1.63. The lowest BCUT2D eigenvalue weighted by atomic mass is 9.96. The van der Waals surface area contributed by atoms with Crippen LogP contribution in [0.25, 0.3) is 0 Å². The molecule has 0 saturated heterocycles. The van der Waals surface area contributed by atoms with Gasteiger partial charge in [0, 0.05) is 20.0 Å². The van der Waals surface area contributed by atoms with Crippen molar-refractivity contribution in [1.82, 2.24) is 15.2 Å². The number of benzene rings is 2. The number of rotatable bonds is 6. The molecule has 1 atom stereocenters. The molecule has 3 amide bonds. The molecule has 1 heterocycles. The van der Waals surface area contributed by atoms with Gasteiger partial charge in [0.15, 0.2) is 0 Å². The van der Waals surface area contributed by atoms with Gasteiger partial charge < -0.3 is 10.2 Å². The van der Waals surface area contributed by atoms with Crippen LogP contribution < -0.4 is 5.32 Å². The van der Waals surface area contributed by atoms with Gasteiger partial charge in [-0.3, -0.25) is 4.79 Å². The summed E-state index contributed by atoms with van der Waals surface area (Å²) in [4.78, 5) is 26.8. The van der Waals surface area contributed by atoms with Crippen LogP contribution in [0.5, 0.6) is 0 Å². The number of hydrogen-bond acceptors (Lipinski definition) is 3. The number of nitrogens with zero attached hydrogens (tertiary/aromatic N) is 3. The topological polar surface area (TPSA) is 65.0 Å². The molecule has 0 bridgehead atoms. The molecule has 0 spiro atoms. The van der Waals surface area contributed by atoms with E-state index in [1.807, 2.05) is 13.8 Å². The summed E-state index contributed by atoms with van der Waals surface area (Å²) in [5.74, 6) is -0.196. The van der Waals surface area contributed by atoms with Gasteiger partial charge in [-0.1, -0.05) is 48.9 Å². The maximum Gasteiger partial charge on any atom is 0.317 e. The lowest BCUT2D eigenvalue weighted by Gasteiger charge is -2.25. The van der Waals surface area contributed by atoms with Gasteiger partial charge >= 0.3 is 6.03 Å².